The molecule has 0 saturated carbocycles. The number of nitrogens with two attached hydrogens (primary N) is 1. The first-order chi connectivity index (χ1) is 8.52. The molecule has 2 unspecified atom stereocenters. The molecule has 1 aromatic rings. The maximum atomic E-state index is 11.6. The van der Waals surface area contributed by atoms with Crippen molar-refractivity contribution in [1.82, 2.24) is 5.32 Å². The van der Waals surface area contributed by atoms with Crippen LogP contribution >= 0.6 is 11.8 Å². The van der Waals surface area contributed by atoms with E-state index < -0.39 is 6.04 Å². The highest BCUT2D eigenvalue weighted by Crippen LogP contribution is 2.36. The monoisotopic (exact) mass is 265 g/mol. The maximum absolute atomic E-state index is 11.6. The molecule has 2 atom stereocenters. The van der Waals surface area contributed by atoms with Crippen LogP contribution in [0.15, 0.2) is 23.1 Å². The smallest absolute Gasteiger partial charge is 0.241 e. The summed E-state index contributed by atoms with van der Waals surface area (Å²) in [6.07, 6.45) is 0. The molecule has 0 fully saturated rings. The molecule has 6 heteroatoms. The van der Waals surface area contributed by atoms with Crippen LogP contribution in [0.1, 0.15) is 18.5 Å². The van der Waals surface area contributed by atoms with E-state index >= 15 is 0 Å². The van der Waals surface area contributed by atoms with E-state index in [9.17, 15) is 9.59 Å². The molecule has 2 rings (SSSR count). The van der Waals surface area contributed by atoms with Crippen molar-refractivity contribution < 1.29 is 9.59 Å². The summed E-state index contributed by atoms with van der Waals surface area (Å²) in [5, 5.41) is 5.22. The first-order valence-corrected chi connectivity index (χ1v) is 6.49. The van der Waals surface area contributed by atoms with Gasteiger partial charge in [0.25, 0.3) is 0 Å². The van der Waals surface area contributed by atoms with Crippen molar-refractivity contribution in [2.45, 2.75) is 23.1 Å². The van der Waals surface area contributed by atoms with E-state index in [1.54, 1.807) is 13.1 Å². The molecule has 0 aliphatic carbocycles. The summed E-state index contributed by atoms with van der Waals surface area (Å²) in [5.41, 5.74) is 7.22. The molecule has 5 nitrogen and oxygen atoms in total. The minimum absolute atomic E-state index is 0.0295. The molecular weight excluding hydrogens is 250 g/mol. The first-order valence-electron chi connectivity index (χ1n) is 5.61. The van der Waals surface area contributed by atoms with Crippen molar-refractivity contribution in [3.8, 4) is 0 Å². The number of hydrogen-bond donors (Lipinski definition) is 3. The molecule has 1 aromatic carbocycles. The van der Waals surface area contributed by atoms with Gasteiger partial charge in [-0.3, -0.25) is 9.59 Å². The average Bonchev–Trinajstić information content (AvgIpc) is 2.37. The van der Waals surface area contributed by atoms with Gasteiger partial charge < -0.3 is 16.4 Å². The first kappa shape index (κ1) is 12.9. The average molecular weight is 265 g/mol. The lowest BCUT2D eigenvalue weighted by molar-refractivity contribution is -0.122. The second-order valence-electron chi connectivity index (χ2n) is 4.10. The molecule has 0 bridgehead atoms. The molecule has 2 amide bonds. The predicted octanol–water partition coefficient (Wildman–Crippen LogP) is 0.865. The van der Waals surface area contributed by atoms with Crippen LogP contribution in [-0.2, 0) is 9.59 Å². The van der Waals surface area contributed by atoms with Crippen molar-refractivity contribution >= 4 is 29.3 Å². The minimum Gasteiger partial charge on any atom is -0.358 e. The number of carbonyl (C=O) groups is 2. The summed E-state index contributed by atoms with van der Waals surface area (Å²) in [7, 11) is 1.54. The van der Waals surface area contributed by atoms with Gasteiger partial charge >= 0.3 is 0 Å². The standard InChI is InChI=1S/C12H15N3O2S/c1-6-11(16)15-8-5-7(3-4-9(8)18-6)10(13)12(17)14-2/h3-6,10H,13H2,1-2H3,(H,14,17)(H,15,16). The lowest BCUT2D eigenvalue weighted by atomic mass is 10.1. The molecule has 0 spiro atoms. The number of nitrogens with one attached hydrogen (secondary N) is 2. The summed E-state index contributed by atoms with van der Waals surface area (Å²) in [6.45, 7) is 1.85. The van der Waals surface area contributed by atoms with Gasteiger partial charge in [-0.2, -0.15) is 0 Å². The van der Waals surface area contributed by atoms with Crippen molar-refractivity contribution in [2.75, 3.05) is 12.4 Å². The van der Waals surface area contributed by atoms with Crippen LogP contribution in [0.4, 0.5) is 5.69 Å². The van der Waals surface area contributed by atoms with Crippen molar-refractivity contribution in [3.63, 3.8) is 0 Å². The zero-order valence-electron chi connectivity index (χ0n) is 10.2. The highest BCUT2D eigenvalue weighted by atomic mass is 32.2. The van der Waals surface area contributed by atoms with E-state index in [4.69, 9.17) is 5.73 Å². The molecular formula is C12H15N3O2S. The van der Waals surface area contributed by atoms with Gasteiger partial charge in [-0.1, -0.05) is 6.07 Å². The fourth-order valence-electron chi connectivity index (χ4n) is 1.73. The predicted molar refractivity (Wildman–Crippen MR) is 71.4 cm³/mol. The van der Waals surface area contributed by atoms with Crippen LogP contribution in [-0.4, -0.2) is 24.1 Å². The van der Waals surface area contributed by atoms with Gasteiger partial charge in [0.05, 0.1) is 10.9 Å². The van der Waals surface area contributed by atoms with Gasteiger partial charge in [0.15, 0.2) is 0 Å². The Balaban J connectivity index is 2.30. The van der Waals surface area contributed by atoms with Crippen molar-refractivity contribution in [1.29, 1.82) is 0 Å². The highest BCUT2D eigenvalue weighted by molar-refractivity contribution is 8.00. The summed E-state index contributed by atoms with van der Waals surface area (Å²) < 4.78 is 0. The number of thioether (sulfide) groups is 1. The largest absolute Gasteiger partial charge is 0.358 e. The fraction of sp³-hybridized carbons (Fsp3) is 0.333. The summed E-state index contributed by atoms with van der Waals surface area (Å²) in [5.74, 6) is -0.281. The summed E-state index contributed by atoms with van der Waals surface area (Å²) in [6, 6.07) is 4.73. The van der Waals surface area contributed by atoms with Crippen LogP contribution in [0.25, 0.3) is 0 Å². The highest BCUT2D eigenvalue weighted by Gasteiger charge is 2.24. The second kappa shape index (κ2) is 4.99. The van der Waals surface area contributed by atoms with Gasteiger partial charge in [0.1, 0.15) is 6.04 Å². The third-order valence-electron chi connectivity index (χ3n) is 2.82. The van der Waals surface area contributed by atoms with E-state index in [2.05, 4.69) is 10.6 Å². The van der Waals surface area contributed by atoms with E-state index in [1.165, 1.54) is 11.8 Å². The number of amides is 2. The normalized spacial score (nSPS) is 19.7. The van der Waals surface area contributed by atoms with Gasteiger partial charge in [-0.25, -0.2) is 0 Å². The molecule has 0 saturated heterocycles. The Labute approximate surface area is 110 Å². The lowest BCUT2D eigenvalue weighted by Gasteiger charge is -2.22. The van der Waals surface area contributed by atoms with E-state index in [-0.39, 0.29) is 17.1 Å². The molecule has 18 heavy (non-hydrogen) atoms. The third kappa shape index (κ3) is 2.34. The number of hydrogen-bond acceptors (Lipinski definition) is 4. The SMILES string of the molecule is CNC(=O)C(N)c1ccc2c(c1)NC(=O)C(C)S2. The van der Waals surface area contributed by atoms with E-state index in [1.807, 2.05) is 19.1 Å². The molecule has 1 aliphatic rings. The summed E-state index contributed by atoms with van der Waals surface area (Å²) >= 11 is 1.50. The van der Waals surface area contributed by atoms with Crippen molar-refractivity contribution in [3.05, 3.63) is 23.8 Å². The molecule has 1 heterocycles. The Kier molecular flexibility index (Phi) is 3.58. The third-order valence-corrected chi connectivity index (χ3v) is 4.00. The van der Waals surface area contributed by atoms with Crippen LogP contribution in [0.3, 0.4) is 0 Å². The molecule has 0 radical (unpaired) electrons. The number of likely N-dealkylation sites (N-methyl/N-ethyl adjacent to an activating group) is 1. The number of carbonyl (C=O) groups excluding carboxylic acids is 2. The minimum atomic E-state index is -0.721. The van der Waals surface area contributed by atoms with Crippen LogP contribution in [0.2, 0.25) is 0 Å². The second-order valence-corrected chi connectivity index (χ2v) is 5.48. The Bertz CT molecular complexity index is 504. The maximum Gasteiger partial charge on any atom is 0.241 e. The van der Waals surface area contributed by atoms with E-state index in [0.717, 1.165) is 10.6 Å². The zero-order valence-corrected chi connectivity index (χ0v) is 11.0. The Morgan fingerprint density at radius 2 is 2.28 bits per heavy atom. The molecule has 96 valence electrons. The van der Waals surface area contributed by atoms with E-state index in [0.29, 0.717) is 5.56 Å². The molecule has 1 aliphatic heterocycles. The van der Waals surface area contributed by atoms with Gasteiger partial charge in [0.2, 0.25) is 11.8 Å². The number of benzene rings is 1. The Morgan fingerprint density at radius 3 is 2.94 bits per heavy atom. The van der Waals surface area contributed by atoms with Gasteiger partial charge in [-0.05, 0) is 24.6 Å². The quantitative estimate of drug-likeness (QED) is 0.740. The fourth-order valence-corrected chi connectivity index (χ4v) is 2.66. The Morgan fingerprint density at radius 1 is 1.56 bits per heavy atom. The van der Waals surface area contributed by atoms with Gasteiger partial charge in [-0.15, -0.1) is 11.8 Å². The van der Waals surface area contributed by atoms with Crippen molar-refractivity contribution in [2.24, 2.45) is 5.73 Å². The number of rotatable bonds is 2. The molecule has 0 aromatic heterocycles. The Hall–Kier alpha value is -1.53. The lowest BCUT2D eigenvalue weighted by Crippen LogP contribution is -2.32. The summed E-state index contributed by atoms with van der Waals surface area (Å²) in [4.78, 5) is 24.0. The number of fused-ring (bicyclic) bond motifs is 1. The van der Waals surface area contributed by atoms with Crippen LogP contribution in [0, 0.1) is 0 Å². The topological polar surface area (TPSA) is 84.2 Å². The van der Waals surface area contributed by atoms with Crippen LogP contribution in [0.5, 0.6) is 0 Å². The van der Waals surface area contributed by atoms with Gasteiger partial charge in [0, 0.05) is 11.9 Å². The zero-order chi connectivity index (χ0) is 13.3. The van der Waals surface area contributed by atoms with Crippen LogP contribution < -0.4 is 16.4 Å². The number of anilines is 1. The molecule has 4 N–H and O–H groups in total.